The summed E-state index contributed by atoms with van der Waals surface area (Å²) >= 11 is 6.37. The monoisotopic (exact) mass is 559 g/mol. The first-order valence-corrected chi connectivity index (χ1v) is 13.7. The van der Waals surface area contributed by atoms with Crippen molar-refractivity contribution in [3.8, 4) is 11.1 Å². The van der Waals surface area contributed by atoms with E-state index in [1.807, 2.05) is 31.2 Å². The Hall–Kier alpha value is -2.43. The number of halogens is 1. The number of carbonyl (C=O) groups is 1. The molecule has 1 aromatic carbocycles. The van der Waals surface area contributed by atoms with Crippen molar-refractivity contribution in [3.05, 3.63) is 55.3 Å². The van der Waals surface area contributed by atoms with E-state index in [0.29, 0.717) is 27.7 Å². The molecule has 178 valence electrons. The van der Waals surface area contributed by atoms with E-state index in [9.17, 15) is 9.59 Å². The summed E-state index contributed by atoms with van der Waals surface area (Å²) in [6.07, 6.45) is 3.53. The number of rotatable bonds is 8. The summed E-state index contributed by atoms with van der Waals surface area (Å²) in [5.74, 6) is 0.156. The molecule has 0 radical (unpaired) electrons. The van der Waals surface area contributed by atoms with Gasteiger partial charge in [-0.3, -0.25) is 19.5 Å². The van der Waals surface area contributed by atoms with Crippen LogP contribution < -0.4 is 10.9 Å². The van der Waals surface area contributed by atoms with Gasteiger partial charge < -0.3 is 0 Å². The van der Waals surface area contributed by atoms with Crippen molar-refractivity contribution in [1.82, 2.24) is 19.7 Å². The second-order valence-electron chi connectivity index (χ2n) is 8.41. The molecule has 3 aromatic heterocycles. The quantitative estimate of drug-likeness (QED) is 0.282. The lowest BCUT2D eigenvalue weighted by Gasteiger charge is -2.16. The summed E-state index contributed by atoms with van der Waals surface area (Å²) in [6, 6.07) is 7.21. The SMILES string of the molecule is CCc1sc2ncn(C(CC)C(=O)Nc3nnc(CC(C)C)s3)c(=O)c2c1-c1ccc(Br)cc1. The van der Waals surface area contributed by atoms with Crippen LogP contribution in [0.25, 0.3) is 21.3 Å². The van der Waals surface area contributed by atoms with Gasteiger partial charge >= 0.3 is 0 Å². The molecule has 4 rings (SSSR count). The van der Waals surface area contributed by atoms with Gasteiger partial charge in [-0.05, 0) is 36.5 Å². The second kappa shape index (κ2) is 10.5. The van der Waals surface area contributed by atoms with Crippen molar-refractivity contribution in [2.24, 2.45) is 5.92 Å². The highest BCUT2D eigenvalue weighted by molar-refractivity contribution is 9.10. The molecule has 0 saturated carbocycles. The highest BCUT2D eigenvalue weighted by Crippen LogP contribution is 2.37. The molecule has 4 aromatic rings. The molecule has 0 spiro atoms. The van der Waals surface area contributed by atoms with E-state index in [1.165, 1.54) is 33.6 Å². The molecule has 10 heteroatoms. The highest BCUT2D eigenvalue weighted by Gasteiger charge is 2.25. The largest absolute Gasteiger partial charge is 0.299 e. The van der Waals surface area contributed by atoms with E-state index in [0.717, 1.165) is 38.3 Å². The number of hydrogen-bond donors (Lipinski definition) is 1. The number of amides is 1. The number of nitrogens with one attached hydrogen (secondary N) is 1. The van der Waals surface area contributed by atoms with Gasteiger partial charge in [0.2, 0.25) is 11.0 Å². The smallest absolute Gasteiger partial charge is 0.263 e. The standard InChI is InChI=1S/C24H26BrN5O2S2/c1-5-16(21(31)27-24-29-28-18(34-24)11-13(3)4)30-12-26-22-20(23(30)32)19(17(6-2)33-22)14-7-9-15(25)10-8-14/h7-10,12-13,16H,5-6,11H2,1-4H3,(H,27,29,31). The third-order valence-electron chi connectivity index (χ3n) is 5.47. The van der Waals surface area contributed by atoms with Crippen LogP contribution in [0, 0.1) is 5.92 Å². The molecule has 0 bridgehead atoms. The Morgan fingerprint density at radius 1 is 1.15 bits per heavy atom. The number of aryl methyl sites for hydroxylation is 1. The Morgan fingerprint density at radius 3 is 2.53 bits per heavy atom. The van der Waals surface area contributed by atoms with E-state index in [2.05, 4.69) is 57.2 Å². The van der Waals surface area contributed by atoms with Crippen molar-refractivity contribution >= 4 is 59.9 Å². The average molecular weight is 561 g/mol. The van der Waals surface area contributed by atoms with Crippen molar-refractivity contribution < 1.29 is 4.79 Å². The Labute approximate surface area is 214 Å². The van der Waals surface area contributed by atoms with Crippen LogP contribution in [0.3, 0.4) is 0 Å². The van der Waals surface area contributed by atoms with Crippen molar-refractivity contribution in [2.75, 3.05) is 5.32 Å². The van der Waals surface area contributed by atoms with Crippen LogP contribution in [0.5, 0.6) is 0 Å². The molecule has 1 amide bonds. The molecule has 0 fully saturated rings. The van der Waals surface area contributed by atoms with Crippen LogP contribution in [0.4, 0.5) is 5.13 Å². The lowest BCUT2D eigenvalue weighted by atomic mass is 10.0. The molecule has 34 heavy (non-hydrogen) atoms. The molecular weight excluding hydrogens is 534 g/mol. The number of nitrogens with zero attached hydrogens (tertiary/aromatic N) is 4. The minimum Gasteiger partial charge on any atom is -0.299 e. The van der Waals surface area contributed by atoms with Gasteiger partial charge in [0.05, 0.1) is 11.7 Å². The molecule has 0 saturated heterocycles. The van der Waals surface area contributed by atoms with E-state index in [1.54, 1.807) is 0 Å². The van der Waals surface area contributed by atoms with Crippen LogP contribution in [0.1, 0.15) is 50.0 Å². The maximum absolute atomic E-state index is 13.7. The minimum atomic E-state index is -0.704. The zero-order valence-electron chi connectivity index (χ0n) is 19.5. The minimum absolute atomic E-state index is 0.210. The topological polar surface area (TPSA) is 89.8 Å². The number of benzene rings is 1. The fourth-order valence-electron chi connectivity index (χ4n) is 3.88. The molecule has 3 heterocycles. The molecule has 0 aliphatic rings. The average Bonchev–Trinajstić information content (AvgIpc) is 3.40. The summed E-state index contributed by atoms with van der Waals surface area (Å²) in [5.41, 5.74) is 1.66. The Balaban J connectivity index is 1.72. The maximum Gasteiger partial charge on any atom is 0.263 e. The highest BCUT2D eigenvalue weighted by atomic mass is 79.9. The van der Waals surface area contributed by atoms with Crippen LogP contribution in [0.2, 0.25) is 0 Å². The van der Waals surface area contributed by atoms with Gasteiger partial charge in [-0.25, -0.2) is 4.98 Å². The second-order valence-corrected chi connectivity index (χ2v) is 11.5. The maximum atomic E-state index is 13.7. The van der Waals surface area contributed by atoms with Crippen LogP contribution in [0.15, 0.2) is 39.9 Å². The van der Waals surface area contributed by atoms with Crippen molar-refractivity contribution in [2.45, 2.75) is 53.0 Å². The van der Waals surface area contributed by atoms with Crippen molar-refractivity contribution in [1.29, 1.82) is 0 Å². The van der Waals surface area contributed by atoms with Gasteiger partial charge in [-0.1, -0.05) is 67.1 Å². The number of aromatic nitrogens is 4. The molecule has 0 aliphatic carbocycles. The summed E-state index contributed by atoms with van der Waals surface area (Å²) < 4.78 is 2.42. The summed E-state index contributed by atoms with van der Waals surface area (Å²) in [6.45, 7) is 8.17. The van der Waals surface area contributed by atoms with E-state index in [-0.39, 0.29) is 11.5 Å². The fourth-order valence-corrected chi connectivity index (χ4v) is 6.19. The van der Waals surface area contributed by atoms with Crippen LogP contribution in [-0.4, -0.2) is 25.7 Å². The number of fused-ring (bicyclic) bond motifs is 1. The van der Waals surface area contributed by atoms with Gasteiger partial charge in [0, 0.05) is 21.3 Å². The fraction of sp³-hybridized carbons (Fsp3) is 0.375. The molecule has 1 N–H and O–H groups in total. The number of anilines is 1. The number of hydrogen-bond acceptors (Lipinski definition) is 7. The summed E-state index contributed by atoms with van der Waals surface area (Å²) in [7, 11) is 0. The predicted molar refractivity (Wildman–Crippen MR) is 143 cm³/mol. The van der Waals surface area contributed by atoms with Crippen molar-refractivity contribution in [3.63, 3.8) is 0 Å². The van der Waals surface area contributed by atoms with Crippen LogP contribution >= 0.6 is 38.6 Å². The van der Waals surface area contributed by atoms with Crippen LogP contribution in [-0.2, 0) is 17.6 Å². The predicted octanol–water partition coefficient (Wildman–Crippen LogP) is 6.09. The van der Waals surface area contributed by atoms with Gasteiger partial charge in [-0.2, -0.15) is 0 Å². The summed E-state index contributed by atoms with van der Waals surface area (Å²) in [4.78, 5) is 33.2. The zero-order valence-corrected chi connectivity index (χ0v) is 22.7. The molecule has 1 atom stereocenters. The third-order valence-corrected chi connectivity index (χ3v) is 8.10. The van der Waals surface area contributed by atoms with Gasteiger partial charge in [0.25, 0.3) is 5.56 Å². The molecule has 7 nitrogen and oxygen atoms in total. The first-order valence-electron chi connectivity index (χ1n) is 11.2. The summed E-state index contributed by atoms with van der Waals surface area (Å²) in [5, 5.41) is 13.0. The van der Waals surface area contributed by atoms with Gasteiger partial charge in [-0.15, -0.1) is 21.5 Å². The Kier molecular flexibility index (Phi) is 7.59. The van der Waals surface area contributed by atoms with Gasteiger partial charge in [0.1, 0.15) is 15.9 Å². The van der Waals surface area contributed by atoms with Gasteiger partial charge in [0.15, 0.2) is 0 Å². The zero-order chi connectivity index (χ0) is 24.4. The normalized spacial score (nSPS) is 12.4. The first-order chi connectivity index (χ1) is 16.3. The molecular formula is C24H26BrN5O2S2. The molecule has 0 aliphatic heterocycles. The lowest BCUT2D eigenvalue weighted by Crippen LogP contribution is -2.33. The number of carbonyl (C=O) groups excluding carboxylic acids is 1. The number of thiophene rings is 1. The van der Waals surface area contributed by atoms with E-state index in [4.69, 9.17) is 0 Å². The van der Waals surface area contributed by atoms with E-state index < -0.39 is 6.04 Å². The Morgan fingerprint density at radius 2 is 1.88 bits per heavy atom. The molecule has 1 unspecified atom stereocenters. The van der Waals surface area contributed by atoms with E-state index >= 15 is 0 Å². The third kappa shape index (κ3) is 4.99. The first kappa shape index (κ1) is 24.7. The Bertz CT molecular complexity index is 1370. The lowest BCUT2D eigenvalue weighted by molar-refractivity contribution is -0.119.